The number of rotatable bonds is 7. The molecule has 0 aliphatic carbocycles. The Balaban J connectivity index is 1.36. The number of para-hydroxylation sites is 2. The van der Waals surface area contributed by atoms with Gasteiger partial charge in [0.25, 0.3) is 0 Å². The van der Waals surface area contributed by atoms with E-state index in [-0.39, 0.29) is 12.1 Å². The number of methoxy groups -OCH3 is 1. The first-order chi connectivity index (χ1) is 19.5. The topological polar surface area (TPSA) is 99.6 Å². The summed E-state index contributed by atoms with van der Waals surface area (Å²) in [6.45, 7) is 3.56. The van der Waals surface area contributed by atoms with E-state index in [0.29, 0.717) is 36.6 Å². The van der Waals surface area contributed by atoms with Crippen molar-refractivity contribution in [3.8, 4) is 34.4 Å². The summed E-state index contributed by atoms with van der Waals surface area (Å²) < 4.78 is 18.1. The Morgan fingerprint density at radius 2 is 1.93 bits per heavy atom. The number of nitrogens with zero attached hydrogens (tertiary/aromatic N) is 2. The largest absolute Gasteiger partial charge is 0.496 e. The number of H-pyrrole nitrogens is 1. The highest BCUT2D eigenvalue weighted by molar-refractivity contribution is 5.93. The lowest BCUT2D eigenvalue weighted by Crippen LogP contribution is -2.27. The number of aromatic amines is 1. The summed E-state index contributed by atoms with van der Waals surface area (Å²) in [4.78, 5) is 18.6. The van der Waals surface area contributed by atoms with Crippen molar-refractivity contribution in [3.63, 3.8) is 0 Å². The third-order valence-electron chi connectivity index (χ3n) is 7.57. The predicted octanol–water partition coefficient (Wildman–Crippen LogP) is 6.02. The minimum absolute atomic E-state index is 0.225. The van der Waals surface area contributed by atoms with E-state index in [4.69, 9.17) is 19.5 Å². The van der Waals surface area contributed by atoms with Crippen LogP contribution in [0.25, 0.3) is 22.0 Å². The maximum atomic E-state index is 13.3. The second-order valence-corrected chi connectivity index (χ2v) is 10.1. The Bertz CT molecular complexity index is 1670. The average molecular weight is 535 g/mol. The van der Waals surface area contributed by atoms with Gasteiger partial charge >= 0.3 is 5.97 Å². The van der Waals surface area contributed by atoms with Gasteiger partial charge < -0.3 is 24.5 Å². The Labute approximate surface area is 232 Å². The fraction of sp³-hybridized carbons (Fsp3) is 0.250. The van der Waals surface area contributed by atoms with Gasteiger partial charge in [0, 0.05) is 59.1 Å². The monoisotopic (exact) mass is 534 g/mol. The Morgan fingerprint density at radius 3 is 2.77 bits per heavy atom. The van der Waals surface area contributed by atoms with Crippen molar-refractivity contribution < 1.29 is 19.0 Å². The molecule has 0 amide bonds. The molecule has 1 fully saturated rings. The standard InChI is InChI=1S/C32H30N4O4/c1-20-25(32(37)39-22-11-13-36(19-22)14-12-33)17-26-28(35-20)15-21(23-7-4-6-10-29(23)38-2)16-30(26)40-31-18-34-27-9-5-3-8-24(27)31/h3-10,15-16,18,22,34-35H,11,13-14,17,19H2,1-2H3/t22-/m1/s1. The lowest BCUT2D eigenvalue weighted by Gasteiger charge is -2.26. The van der Waals surface area contributed by atoms with Crippen LogP contribution in [-0.2, 0) is 16.0 Å². The SMILES string of the molecule is COc1ccccc1-c1cc2c(c(Oc3c[nH]c4ccccc34)c1)CC(C(=O)O[C@@H]1CCN(CC#N)C1)=C(C)N2. The molecule has 8 nitrogen and oxygen atoms in total. The number of fused-ring (bicyclic) bond motifs is 2. The van der Waals surface area contributed by atoms with Crippen LogP contribution in [0.2, 0.25) is 0 Å². The van der Waals surface area contributed by atoms with Crippen LogP contribution in [0, 0.1) is 11.3 Å². The van der Waals surface area contributed by atoms with E-state index in [9.17, 15) is 4.79 Å². The number of benzene rings is 3. The Hall–Kier alpha value is -4.74. The number of nitrogens with one attached hydrogen (secondary N) is 2. The van der Waals surface area contributed by atoms with Gasteiger partial charge in [0.15, 0.2) is 5.75 Å². The maximum absolute atomic E-state index is 13.3. The zero-order valence-electron chi connectivity index (χ0n) is 22.5. The smallest absolute Gasteiger partial charge is 0.336 e. The van der Waals surface area contributed by atoms with E-state index in [1.807, 2.05) is 72.6 Å². The summed E-state index contributed by atoms with van der Waals surface area (Å²) in [7, 11) is 1.66. The van der Waals surface area contributed by atoms with Crippen molar-refractivity contribution in [1.29, 1.82) is 5.26 Å². The number of likely N-dealkylation sites (tertiary alicyclic amines) is 1. The highest BCUT2D eigenvalue weighted by atomic mass is 16.5. The molecule has 2 N–H and O–H groups in total. The molecule has 0 bridgehead atoms. The van der Waals surface area contributed by atoms with Crippen molar-refractivity contribution in [1.82, 2.24) is 9.88 Å². The molecule has 0 spiro atoms. The van der Waals surface area contributed by atoms with Crippen molar-refractivity contribution in [2.75, 3.05) is 32.1 Å². The number of carbonyl (C=O) groups is 1. The zero-order valence-corrected chi connectivity index (χ0v) is 22.5. The van der Waals surface area contributed by atoms with E-state index >= 15 is 0 Å². The van der Waals surface area contributed by atoms with Crippen LogP contribution in [-0.4, -0.2) is 48.7 Å². The molecule has 1 aromatic heterocycles. The summed E-state index contributed by atoms with van der Waals surface area (Å²) >= 11 is 0. The molecule has 0 saturated carbocycles. The van der Waals surface area contributed by atoms with Gasteiger partial charge in [-0.1, -0.05) is 30.3 Å². The molecule has 3 aromatic carbocycles. The summed E-state index contributed by atoms with van der Waals surface area (Å²) in [6.07, 6.45) is 2.72. The minimum Gasteiger partial charge on any atom is -0.496 e. The fourth-order valence-electron chi connectivity index (χ4n) is 5.49. The van der Waals surface area contributed by atoms with Gasteiger partial charge in [-0.2, -0.15) is 5.26 Å². The average Bonchev–Trinajstić information content (AvgIpc) is 3.59. The number of ether oxygens (including phenoxy) is 3. The molecule has 2 aliphatic heterocycles. The van der Waals surface area contributed by atoms with Crippen molar-refractivity contribution in [2.24, 2.45) is 0 Å². The molecular weight excluding hydrogens is 504 g/mol. The van der Waals surface area contributed by atoms with Crippen LogP contribution >= 0.6 is 0 Å². The summed E-state index contributed by atoms with van der Waals surface area (Å²) in [5, 5.41) is 13.4. The quantitative estimate of drug-likeness (QED) is 0.221. The highest BCUT2D eigenvalue weighted by Gasteiger charge is 2.30. The van der Waals surface area contributed by atoms with Crippen LogP contribution < -0.4 is 14.8 Å². The first-order valence-electron chi connectivity index (χ1n) is 13.4. The van der Waals surface area contributed by atoms with Crippen LogP contribution in [0.4, 0.5) is 5.69 Å². The van der Waals surface area contributed by atoms with Crippen LogP contribution in [0.3, 0.4) is 0 Å². The predicted molar refractivity (Wildman–Crippen MR) is 153 cm³/mol. The van der Waals surface area contributed by atoms with Gasteiger partial charge in [0.2, 0.25) is 0 Å². The normalized spacial score (nSPS) is 16.8. The summed E-state index contributed by atoms with van der Waals surface area (Å²) in [5.41, 5.74) is 5.91. The molecule has 0 radical (unpaired) electrons. The first-order valence-corrected chi connectivity index (χ1v) is 13.4. The Morgan fingerprint density at radius 1 is 1.10 bits per heavy atom. The molecule has 3 heterocycles. The Kier molecular flexibility index (Phi) is 6.89. The molecule has 4 aromatic rings. The number of esters is 1. The van der Waals surface area contributed by atoms with Gasteiger partial charge in [-0.05, 0) is 49.2 Å². The summed E-state index contributed by atoms with van der Waals surface area (Å²) in [5.74, 6) is 1.77. The highest BCUT2D eigenvalue weighted by Crippen LogP contribution is 2.43. The van der Waals surface area contributed by atoms with Crippen molar-refractivity contribution in [3.05, 3.63) is 83.7 Å². The molecule has 6 rings (SSSR count). The number of hydrogen-bond donors (Lipinski definition) is 2. The van der Waals surface area contributed by atoms with Gasteiger partial charge in [-0.3, -0.25) is 4.90 Å². The summed E-state index contributed by atoms with van der Waals surface area (Å²) in [6, 6.07) is 22.1. The second-order valence-electron chi connectivity index (χ2n) is 10.1. The maximum Gasteiger partial charge on any atom is 0.336 e. The number of allylic oxidation sites excluding steroid dienone is 1. The molecule has 0 unspecified atom stereocenters. The third-order valence-corrected chi connectivity index (χ3v) is 7.57. The number of carbonyl (C=O) groups excluding carboxylic acids is 1. The molecule has 40 heavy (non-hydrogen) atoms. The van der Waals surface area contributed by atoms with Gasteiger partial charge in [-0.25, -0.2) is 4.79 Å². The molecule has 2 aliphatic rings. The fourth-order valence-corrected chi connectivity index (χ4v) is 5.49. The number of hydrogen-bond acceptors (Lipinski definition) is 7. The minimum atomic E-state index is -0.341. The molecule has 8 heteroatoms. The molecular formula is C32H30N4O4. The van der Waals surface area contributed by atoms with Gasteiger partial charge in [-0.15, -0.1) is 0 Å². The number of anilines is 1. The van der Waals surface area contributed by atoms with Gasteiger partial charge in [0.1, 0.15) is 17.6 Å². The number of nitriles is 1. The molecule has 1 saturated heterocycles. The van der Waals surface area contributed by atoms with E-state index < -0.39 is 0 Å². The first kappa shape index (κ1) is 25.5. The van der Waals surface area contributed by atoms with E-state index in [2.05, 4.69) is 22.4 Å². The van der Waals surface area contributed by atoms with Crippen LogP contribution in [0.15, 0.2) is 78.1 Å². The van der Waals surface area contributed by atoms with E-state index in [1.165, 1.54) is 0 Å². The lowest BCUT2D eigenvalue weighted by molar-refractivity contribution is -0.143. The van der Waals surface area contributed by atoms with Crippen molar-refractivity contribution in [2.45, 2.75) is 25.9 Å². The zero-order chi connectivity index (χ0) is 27.6. The van der Waals surface area contributed by atoms with Crippen molar-refractivity contribution >= 4 is 22.6 Å². The van der Waals surface area contributed by atoms with E-state index in [1.54, 1.807) is 7.11 Å². The molecule has 1 atom stereocenters. The van der Waals surface area contributed by atoms with Crippen LogP contribution in [0.1, 0.15) is 18.9 Å². The van der Waals surface area contributed by atoms with Gasteiger partial charge in [0.05, 0.1) is 25.3 Å². The molecule has 202 valence electrons. The third kappa shape index (κ3) is 4.88. The lowest BCUT2D eigenvalue weighted by atomic mass is 9.93. The van der Waals surface area contributed by atoms with E-state index in [0.717, 1.165) is 57.7 Å². The number of aromatic nitrogens is 1. The van der Waals surface area contributed by atoms with Crippen LogP contribution in [0.5, 0.6) is 17.2 Å². The second kappa shape index (κ2) is 10.8.